The number of halogens is 1. The van der Waals surface area contributed by atoms with E-state index in [9.17, 15) is 4.79 Å². The average molecular weight is 484 g/mol. The Kier molecular flexibility index (Phi) is 10.5. The first-order valence-electron chi connectivity index (χ1n) is 8.88. The smallest absolute Gasteiger partial charge is 0.250 e. The van der Waals surface area contributed by atoms with Gasteiger partial charge in [-0.25, -0.2) is 0 Å². The Morgan fingerprint density at radius 3 is 2.63 bits per heavy atom. The molecule has 0 saturated carbocycles. The Morgan fingerprint density at radius 2 is 1.93 bits per heavy atom. The molecule has 0 atom stereocenters. The molecule has 1 aromatic heterocycles. The van der Waals surface area contributed by atoms with Gasteiger partial charge in [0, 0.05) is 38.4 Å². The first kappa shape index (κ1) is 23.0. The zero-order chi connectivity index (χ0) is 18.8. The van der Waals surface area contributed by atoms with Crippen LogP contribution in [0.15, 0.2) is 52.3 Å². The quantitative estimate of drug-likeness (QED) is 0.262. The second kappa shape index (κ2) is 12.4. The number of aliphatic imine (C=N–C) groups is 1. The lowest BCUT2D eigenvalue weighted by molar-refractivity contribution is 0.414. The summed E-state index contributed by atoms with van der Waals surface area (Å²) in [5.74, 6) is 1.61. The molecule has 0 saturated heterocycles. The molecule has 2 rings (SSSR count). The van der Waals surface area contributed by atoms with E-state index < -0.39 is 0 Å². The molecule has 2 aromatic rings. The topological polar surface area (TPSA) is 67.7 Å². The summed E-state index contributed by atoms with van der Waals surface area (Å²) in [6, 6.07) is 13.3. The predicted octanol–water partition coefficient (Wildman–Crippen LogP) is 2.93. The number of nitrogens with zero attached hydrogens (tertiary/aromatic N) is 2. The maximum atomic E-state index is 11.8. The highest BCUT2D eigenvalue weighted by molar-refractivity contribution is 14.0. The van der Waals surface area contributed by atoms with Gasteiger partial charge in [0.25, 0.3) is 5.56 Å². The average Bonchev–Trinajstić information content (AvgIpc) is 2.66. The SMILES string of the molecule is CN=C(NCCCCn1c(C)cccc1=O)NCc1cccc(OC)c1.I. The van der Waals surface area contributed by atoms with Crippen LogP contribution in [-0.2, 0) is 13.1 Å². The van der Waals surface area contributed by atoms with Gasteiger partial charge in [-0.15, -0.1) is 24.0 Å². The van der Waals surface area contributed by atoms with Crippen LogP contribution in [0, 0.1) is 6.92 Å². The lowest BCUT2D eigenvalue weighted by atomic mass is 10.2. The van der Waals surface area contributed by atoms with E-state index in [0.717, 1.165) is 48.9 Å². The molecule has 1 heterocycles. The van der Waals surface area contributed by atoms with Crippen LogP contribution in [0.3, 0.4) is 0 Å². The Hall–Kier alpha value is -2.03. The van der Waals surface area contributed by atoms with Gasteiger partial charge in [-0.3, -0.25) is 9.79 Å². The van der Waals surface area contributed by atoms with Crippen molar-refractivity contribution >= 4 is 29.9 Å². The van der Waals surface area contributed by atoms with Crippen LogP contribution >= 0.6 is 24.0 Å². The maximum absolute atomic E-state index is 11.8. The first-order valence-corrected chi connectivity index (χ1v) is 8.88. The summed E-state index contributed by atoms with van der Waals surface area (Å²) < 4.78 is 7.05. The zero-order valence-electron chi connectivity index (χ0n) is 16.2. The number of nitrogens with one attached hydrogen (secondary N) is 2. The number of ether oxygens (including phenoxy) is 1. The van der Waals surface area contributed by atoms with Crippen molar-refractivity contribution in [3.63, 3.8) is 0 Å². The van der Waals surface area contributed by atoms with Gasteiger partial charge in [-0.05, 0) is 43.5 Å². The van der Waals surface area contributed by atoms with Crippen molar-refractivity contribution in [1.29, 1.82) is 0 Å². The summed E-state index contributed by atoms with van der Waals surface area (Å²) in [6.07, 6.45) is 1.89. The van der Waals surface area contributed by atoms with Crippen LogP contribution in [0.2, 0.25) is 0 Å². The van der Waals surface area contributed by atoms with Crippen molar-refractivity contribution in [3.8, 4) is 5.75 Å². The van der Waals surface area contributed by atoms with Gasteiger partial charge in [-0.2, -0.15) is 0 Å². The zero-order valence-corrected chi connectivity index (χ0v) is 18.5. The summed E-state index contributed by atoms with van der Waals surface area (Å²) >= 11 is 0. The van der Waals surface area contributed by atoms with Crippen LogP contribution in [0.1, 0.15) is 24.1 Å². The normalized spacial score (nSPS) is 10.9. The second-order valence-electron chi connectivity index (χ2n) is 6.07. The highest BCUT2D eigenvalue weighted by atomic mass is 127. The maximum Gasteiger partial charge on any atom is 0.250 e. The number of hydrogen-bond donors (Lipinski definition) is 2. The molecule has 0 fully saturated rings. The van der Waals surface area contributed by atoms with E-state index in [4.69, 9.17) is 4.74 Å². The Bertz CT molecular complexity index is 790. The van der Waals surface area contributed by atoms with E-state index in [1.165, 1.54) is 0 Å². The van der Waals surface area contributed by atoms with E-state index >= 15 is 0 Å². The summed E-state index contributed by atoms with van der Waals surface area (Å²) in [6.45, 7) is 4.18. The Balaban J connectivity index is 0.00000364. The van der Waals surface area contributed by atoms with Crippen LogP contribution in [0.5, 0.6) is 5.75 Å². The standard InChI is InChI=1S/C20H28N4O2.HI/c1-16-8-6-11-19(25)24(16)13-5-4-12-22-20(21-2)23-15-17-9-7-10-18(14-17)26-3;/h6-11,14H,4-5,12-13,15H2,1-3H3,(H2,21,22,23);1H. The number of aryl methyl sites for hydroxylation is 1. The number of benzene rings is 1. The third kappa shape index (κ3) is 7.62. The minimum Gasteiger partial charge on any atom is -0.497 e. The number of guanidine groups is 1. The van der Waals surface area contributed by atoms with E-state index in [1.54, 1.807) is 26.3 Å². The minimum atomic E-state index is 0. The molecular weight excluding hydrogens is 455 g/mol. The Morgan fingerprint density at radius 1 is 1.15 bits per heavy atom. The van der Waals surface area contributed by atoms with E-state index in [0.29, 0.717) is 6.54 Å². The molecule has 0 aliphatic rings. The number of aromatic nitrogens is 1. The van der Waals surface area contributed by atoms with Gasteiger partial charge in [0.05, 0.1) is 7.11 Å². The monoisotopic (exact) mass is 484 g/mol. The van der Waals surface area contributed by atoms with Crippen molar-refractivity contribution in [2.24, 2.45) is 4.99 Å². The summed E-state index contributed by atoms with van der Waals surface area (Å²) in [7, 11) is 3.42. The minimum absolute atomic E-state index is 0. The lowest BCUT2D eigenvalue weighted by Crippen LogP contribution is -2.37. The van der Waals surface area contributed by atoms with Crippen LogP contribution in [-0.4, -0.2) is 31.2 Å². The third-order valence-electron chi connectivity index (χ3n) is 4.19. The summed E-state index contributed by atoms with van der Waals surface area (Å²) in [5, 5.41) is 6.60. The molecule has 2 N–H and O–H groups in total. The largest absolute Gasteiger partial charge is 0.497 e. The number of methoxy groups -OCH3 is 1. The van der Waals surface area contributed by atoms with Gasteiger partial charge in [0.1, 0.15) is 5.75 Å². The fraction of sp³-hybridized carbons (Fsp3) is 0.400. The molecule has 0 bridgehead atoms. The summed E-state index contributed by atoms with van der Waals surface area (Å²) in [5.41, 5.74) is 2.20. The third-order valence-corrected chi connectivity index (χ3v) is 4.19. The van der Waals surface area contributed by atoms with Crippen LogP contribution < -0.4 is 20.9 Å². The fourth-order valence-corrected chi connectivity index (χ4v) is 2.70. The van der Waals surface area contributed by atoms with Crippen molar-refractivity contribution < 1.29 is 4.74 Å². The van der Waals surface area contributed by atoms with E-state index in [1.807, 2.05) is 41.8 Å². The molecule has 148 valence electrons. The molecule has 0 aliphatic carbocycles. The molecule has 6 nitrogen and oxygen atoms in total. The number of hydrogen-bond acceptors (Lipinski definition) is 3. The van der Waals surface area contributed by atoms with Gasteiger partial charge in [0.2, 0.25) is 0 Å². The van der Waals surface area contributed by atoms with Crippen molar-refractivity contribution in [3.05, 3.63) is 64.1 Å². The molecule has 7 heteroatoms. The van der Waals surface area contributed by atoms with Crippen LogP contribution in [0.25, 0.3) is 0 Å². The Labute approximate surface area is 178 Å². The molecule has 1 aromatic carbocycles. The number of pyridine rings is 1. The highest BCUT2D eigenvalue weighted by Gasteiger charge is 2.01. The highest BCUT2D eigenvalue weighted by Crippen LogP contribution is 2.12. The number of unbranched alkanes of at least 4 members (excludes halogenated alkanes) is 1. The molecule has 0 spiro atoms. The van der Waals surface area contributed by atoms with Gasteiger partial charge < -0.3 is 19.9 Å². The molecule has 27 heavy (non-hydrogen) atoms. The summed E-state index contributed by atoms with van der Waals surface area (Å²) in [4.78, 5) is 16.1. The van der Waals surface area contributed by atoms with Crippen molar-refractivity contribution in [1.82, 2.24) is 15.2 Å². The molecule has 0 amide bonds. The molecular formula is C20H29IN4O2. The fourth-order valence-electron chi connectivity index (χ4n) is 2.70. The second-order valence-corrected chi connectivity index (χ2v) is 6.07. The van der Waals surface area contributed by atoms with Crippen LogP contribution in [0.4, 0.5) is 0 Å². The number of rotatable bonds is 8. The van der Waals surface area contributed by atoms with Gasteiger partial charge in [0.15, 0.2) is 5.96 Å². The predicted molar refractivity (Wildman–Crippen MR) is 121 cm³/mol. The molecule has 0 radical (unpaired) electrons. The first-order chi connectivity index (χ1) is 12.6. The van der Waals surface area contributed by atoms with Gasteiger partial charge >= 0.3 is 0 Å². The lowest BCUT2D eigenvalue weighted by Gasteiger charge is -2.13. The van der Waals surface area contributed by atoms with E-state index in [2.05, 4.69) is 15.6 Å². The van der Waals surface area contributed by atoms with Gasteiger partial charge in [-0.1, -0.05) is 18.2 Å². The molecule has 0 unspecified atom stereocenters. The molecule has 0 aliphatic heterocycles. The van der Waals surface area contributed by atoms with Crippen molar-refractivity contribution in [2.75, 3.05) is 20.7 Å². The van der Waals surface area contributed by atoms with E-state index in [-0.39, 0.29) is 29.5 Å². The van der Waals surface area contributed by atoms with Crippen molar-refractivity contribution in [2.45, 2.75) is 32.9 Å².